The molecule has 1 heterocycles. The minimum absolute atomic E-state index is 0.0575. The Balaban J connectivity index is 1.68. The molecule has 0 aliphatic heterocycles. The first kappa shape index (κ1) is 20.7. The summed E-state index contributed by atoms with van der Waals surface area (Å²) in [6.45, 7) is 4.37. The van der Waals surface area contributed by atoms with E-state index in [1.165, 1.54) is 0 Å². The van der Waals surface area contributed by atoms with Crippen LogP contribution in [-0.4, -0.2) is 40.9 Å². The summed E-state index contributed by atoms with van der Waals surface area (Å²) in [4.78, 5) is 32.8. The molecule has 1 saturated carbocycles. The number of aryl methyl sites for hydroxylation is 2. The summed E-state index contributed by atoms with van der Waals surface area (Å²) >= 11 is 0. The van der Waals surface area contributed by atoms with Gasteiger partial charge < -0.3 is 21.7 Å². The Bertz CT molecular complexity index is 923. The molecule has 1 aromatic heterocycles. The third-order valence-electron chi connectivity index (χ3n) is 5.29. The Morgan fingerprint density at radius 1 is 1.24 bits per heavy atom. The molecule has 2 aromatic rings. The molecule has 29 heavy (non-hydrogen) atoms. The van der Waals surface area contributed by atoms with Gasteiger partial charge in [-0.1, -0.05) is 19.1 Å². The number of hydrogen-bond donors (Lipinski definition) is 4. The van der Waals surface area contributed by atoms with E-state index in [1.54, 1.807) is 0 Å². The van der Waals surface area contributed by atoms with E-state index < -0.39 is 5.91 Å². The molecule has 2 amide bonds. The van der Waals surface area contributed by atoms with Crippen molar-refractivity contribution in [1.82, 2.24) is 20.6 Å². The highest BCUT2D eigenvalue weighted by Crippen LogP contribution is 2.34. The average molecular weight is 396 g/mol. The molecule has 0 radical (unpaired) electrons. The Morgan fingerprint density at radius 3 is 2.62 bits per heavy atom. The largest absolute Gasteiger partial charge is 0.364 e. The lowest BCUT2D eigenvalue weighted by Crippen LogP contribution is -2.45. The van der Waals surface area contributed by atoms with Crippen LogP contribution in [0.2, 0.25) is 0 Å². The SMILES string of the molecule is CCc1nc(C(N)=O)c(Nc2cccc(CCNC(=O)C3(NC)CC3)c2)nc1C. The van der Waals surface area contributed by atoms with Gasteiger partial charge in [-0.25, -0.2) is 9.97 Å². The number of nitrogens with one attached hydrogen (secondary N) is 3. The summed E-state index contributed by atoms with van der Waals surface area (Å²) < 4.78 is 0. The lowest BCUT2D eigenvalue weighted by atomic mass is 10.1. The number of carbonyl (C=O) groups is 2. The highest BCUT2D eigenvalue weighted by Gasteiger charge is 2.48. The summed E-state index contributed by atoms with van der Waals surface area (Å²) in [6, 6.07) is 7.76. The van der Waals surface area contributed by atoms with E-state index in [2.05, 4.69) is 25.9 Å². The van der Waals surface area contributed by atoms with Crippen LogP contribution in [0.25, 0.3) is 0 Å². The van der Waals surface area contributed by atoms with Gasteiger partial charge in [0, 0.05) is 12.2 Å². The van der Waals surface area contributed by atoms with Crippen molar-refractivity contribution in [3.05, 3.63) is 46.9 Å². The number of likely N-dealkylation sites (N-methyl/N-ethyl adjacent to an activating group) is 1. The van der Waals surface area contributed by atoms with E-state index in [9.17, 15) is 9.59 Å². The Hall–Kier alpha value is -3.00. The third-order valence-corrected chi connectivity index (χ3v) is 5.29. The average Bonchev–Trinajstić information content (AvgIpc) is 3.49. The lowest BCUT2D eigenvalue weighted by molar-refractivity contribution is -0.124. The molecular weight excluding hydrogens is 368 g/mol. The van der Waals surface area contributed by atoms with E-state index in [4.69, 9.17) is 5.73 Å². The summed E-state index contributed by atoms with van der Waals surface area (Å²) in [7, 11) is 1.82. The van der Waals surface area contributed by atoms with Crippen LogP contribution in [-0.2, 0) is 17.6 Å². The van der Waals surface area contributed by atoms with Gasteiger partial charge >= 0.3 is 0 Å². The fourth-order valence-electron chi connectivity index (χ4n) is 3.29. The predicted molar refractivity (Wildman–Crippen MR) is 112 cm³/mol. The Labute approximate surface area is 170 Å². The highest BCUT2D eigenvalue weighted by atomic mass is 16.2. The van der Waals surface area contributed by atoms with Gasteiger partial charge in [0.05, 0.1) is 16.9 Å². The summed E-state index contributed by atoms with van der Waals surface area (Å²) in [5.74, 6) is -0.211. The molecule has 1 fully saturated rings. The van der Waals surface area contributed by atoms with E-state index in [0.29, 0.717) is 25.2 Å². The Kier molecular flexibility index (Phi) is 6.12. The number of hydrogen-bond acceptors (Lipinski definition) is 6. The van der Waals surface area contributed by atoms with Gasteiger partial charge in [-0.2, -0.15) is 0 Å². The number of rotatable bonds is 9. The van der Waals surface area contributed by atoms with Crippen LogP contribution in [0.5, 0.6) is 0 Å². The second-order valence-corrected chi connectivity index (χ2v) is 7.33. The second-order valence-electron chi connectivity index (χ2n) is 7.33. The van der Waals surface area contributed by atoms with Crippen molar-refractivity contribution in [3.63, 3.8) is 0 Å². The molecule has 8 nitrogen and oxygen atoms in total. The van der Waals surface area contributed by atoms with Gasteiger partial charge in [0.2, 0.25) is 5.91 Å². The molecule has 8 heteroatoms. The molecular formula is C21H28N6O2. The number of benzene rings is 1. The number of carbonyl (C=O) groups excluding carboxylic acids is 2. The zero-order valence-electron chi connectivity index (χ0n) is 17.1. The molecule has 1 aliphatic rings. The van der Waals surface area contributed by atoms with Crippen molar-refractivity contribution < 1.29 is 9.59 Å². The lowest BCUT2D eigenvalue weighted by Gasteiger charge is -2.15. The molecule has 0 saturated heterocycles. The zero-order chi connectivity index (χ0) is 21.0. The minimum atomic E-state index is -0.618. The van der Waals surface area contributed by atoms with Crippen LogP contribution < -0.4 is 21.7 Å². The van der Waals surface area contributed by atoms with Gasteiger partial charge in [0.15, 0.2) is 11.5 Å². The summed E-state index contributed by atoms with van der Waals surface area (Å²) in [5, 5.41) is 9.24. The van der Waals surface area contributed by atoms with E-state index in [1.807, 2.05) is 45.2 Å². The molecule has 0 spiro atoms. The monoisotopic (exact) mass is 396 g/mol. The molecule has 0 bridgehead atoms. The third kappa shape index (κ3) is 4.71. The zero-order valence-corrected chi connectivity index (χ0v) is 17.1. The van der Waals surface area contributed by atoms with Crippen LogP contribution in [0, 0.1) is 6.92 Å². The topological polar surface area (TPSA) is 122 Å². The second kappa shape index (κ2) is 8.57. The van der Waals surface area contributed by atoms with Gasteiger partial charge in [0.1, 0.15) is 0 Å². The maximum absolute atomic E-state index is 12.2. The van der Waals surface area contributed by atoms with Gasteiger partial charge in [-0.3, -0.25) is 9.59 Å². The first-order valence-corrected chi connectivity index (χ1v) is 9.89. The number of primary amides is 1. The normalized spacial score (nSPS) is 14.3. The van der Waals surface area contributed by atoms with Crippen LogP contribution in [0.15, 0.2) is 24.3 Å². The Morgan fingerprint density at radius 2 is 2.00 bits per heavy atom. The molecule has 1 aliphatic carbocycles. The van der Waals surface area contributed by atoms with Crippen molar-refractivity contribution in [2.45, 2.75) is 45.1 Å². The van der Waals surface area contributed by atoms with Crippen LogP contribution in [0.3, 0.4) is 0 Å². The maximum atomic E-state index is 12.2. The molecule has 0 atom stereocenters. The van der Waals surface area contributed by atoms with E-state index in [-0.39, 0.29) is 17.1 Å². The molecule has 3 rings (SSSR count). The fourth-order valence-corrected chi connectivity index (χ4v) is 3.29. The van der Waals surface area contributed by atoms with Gasteiger partial charge in [-0.15, -0.1) is 0 Å². The van der Waals surface area contributed by atoms with Crippen molar-refractivity contribution in [3.8, 4) is 0 Å². The van der Waals surface area contributed by atoms with Crippen LogP contribution in [0.4, 0.5) is 11.5 Å². The van der Waals surface area contributed by atoms with Crippen molar-refractivity contribution in [1.29, 1.82) is 0 Å². The number of nitrogens with zero attached hydrogens (tertiary/aromatic N) is 2. The van der Waals surface area contributed by atoms with Gasteiger partial charge in [0.25, 0.3) is 5.91 Å². The minimum Gasteiger partial charge on any atom is -0.364 e. The first-order chi connectivity index (χ1) is 13.9. The maximum Gasteiger partial charge on any atom is 0.271 e. The van der Waals surface area contributed by atoms with E-state index in [0.717, 1.165) is 35.5 Å². The number of aromatic nitrogens is 2. The standard InChI is InChI=1S/C21H28N6O2/c1-4-16-13(2)25-19(17(27-16)18(22)28)26-15-7-5-6-14(12-15)8-11-24-20(29)21(23-3)9-10-21/h5-7,12,23H,4,8-11H2,1-3H3,(H2,22,28)(H,24,29)(H,25,26). The molecule has 1 aromatic carbocycles. The quantitative estimate of drug-likeness (QED) is 0.511. The predicted octanol–water partition coefficient (Wildman–Crippen LogP) is 1.60. The van der Waals surface area contributed by atoms with Crippen molar-refractivity contribution in [2.75, 3.05) is 18.9 Å². The first-order valence-electron chi connectivity index (χ1n) is 9.89. The number of nitrogens with two attached hydrogens (primary N) is 1. The van der Waals surface area contributed by atoms with E-state index >= 15 is 0 Å². The van der Waals surface area contributed by atoms with Gasteiger partial charge in [-0.05, 0) is 57.4 Å². The van der Waals surface area contributed by atoms with Crippen molar-refractivity contribution in [2.24, 2.45) is 5.73 Å². The number of amides is 2. The molecule has 5 N–H and O–H groups in total. The molecule has 0 unspecified atom stereocenters. The number of anilines is 2. The van der Waals surface area contributed by atoms with Crippen molar-refractivity contribution >= 4 is 23.3 Å². The smallest absolute Gasteiger partial charge is 0.271 e. The summed E-state index contributed by atoms with van der Waals surface area (Å²) in [5.41, 5.74) is 8.61. The highest BCUT2D eigenvalue weighted by molar-refractivity contribution is 5.96. The summed E-state index contributed by atoms with van der Waals surface area (Å²) in [6.07, 6.45) is 3.14. The fraction of sp³-hybridized carbons (Fsp3) is 0.429. The van der Waals surface area contributed by atoms with Crippen LogP contribution >= 0.6 is 0 Å². The molecule has 154 valence electrons. The van der Waals surface area contributed by atoms with Crippen LogP contribution in [0.1, 0.15) is 47.2 Å².